The van der Waals surface area contributed by atoms with Gasteiger partial charge in [-0.1, -0.05) is 61.9 Å². The maximum Gasteiger partial charge on any atom is 0.416 e. The van der Waals surface area contributed by atoms with Crippen LogP contribution in [0.15, 0.2) is 97.1 Å². The summed E-state index contributed by atoms with van der Waals surface area (Å²) in [6, 6.07) is 18.0. The third-order valence-corrected chi connectivity index (χ3v) is 14.7. The lowest BCUT2D eigenvalue weighted by Crippen LogP contribution is -2.33. The van der Waals surface area contributed by atoms with Crippen molar-refractivity contribution in [1.29, 1.82) is 0 Å². The number of rotatable bonds is 7. The van der Waals surface area contributed by atoms with Gasteiger partial charge in [-0.3, -0.25) is 0 Å². The molecule has 14 heteroatoms. The first kappa shape index (κ1) is 37.2. The van der Waals surface area contributed by atoms with Gasteiger partial charge in [-0.2, -0.15) is 52.7 Å². The molecule has 49 heavy (non-hydrogen) atoms. The van der Waals surface area contributed by atoms with Crippen molar-refractivity contribution in [3.8, 4) is 0 Å². The molecular formula is C35H28F12P2. The van der Waals surface area contributed by atoms with Crippen LogP contribution in [0.1, 0.15) is 48.4 Å². The van der Waals surface area contributed by atoms with Crippen molar-refractivity contribution >= 4 is 37.1 Å². The van der Waals surface area contributed by atoms with Crippen molar-refractivity contribution in [2.24, 2.45) is 5.92 Å². The van der Waals surface area contributed by atoms with Crippen LogP contribution >= 0.6 is 15.8 Å². The largest absolute Gasteiger partial charge is 0.416 e. The smallest absolute Gasteiger partial charge is 0.166 e. The van der Waals surface area contributed by atoms with Gasteiger partial charge in [0.15, 0.2) is 0 Å². The maximum atomic E-state index is 13.4. The molecule has 3 atom stereocenters. The van der Waals surface area contributed by atoms with Crippen LogP contribution in [0.4, 0.5) is 52.7 Å². The molecule has 5 rings (SSSR count). The van der Waals surface area contributed by atoms with Crippen molar-refractivity contribution in [3.63, 3.8) is 0 Å². The second-order valence-electron chi connectivity index (χ2n) is 11.8. The lowest BCUT2D eigenvalue weighted by atomic mass is 10.0. The normalized spacial score (nSPS) is 18.3. The first-order valence-corrected chi connectivity index (χ1v) is 17.8. The molecule has 0 bridgehead atoms. The predicted octanol–water partition coefficient (Wildman–Crippen LogP) is 10.9. The Morgan fingerprint density at radius 2 is 0.735 bits per heavy atom. The fraction of sp³-hybridized carbons (Fsp3) is 0.314. The maximum absolute atomic E-state index is 13.4. The minimum Gasteiger partial charge on any atom is -0.166 e. The van der Waals surface area contributed by atoms with E-state index in [0.717, 1.165) is 48.5 Å². The van der Waals surface area contributed by atoms with Gasteiger partial charge in [-0.25, -0.2) is 0 Å². The van der Waals surface area contributed by atoms with Crippen LogP contribution in [-0.4, -0.2) is 11.3 Å². The molecule has 1 aliphatic rings. The summed E-state index contributed by atoms with van der Waals surface area (Å²) in [6.07, 6.45) is -16.6. The van der Waals surface area contributed by atoms with Gasteiger partial charge in [0, 0.05) is 0 Å². The van der Waals surface area contributed by atoms with E-state index in [1.807, 2.05) is 6.92 Å². The fourth-order valence-electron chi connectivity index (χ4n) is 6.44. The molecule has 0 amide bonds. The first-order chi connectivity index (χ1) is 22.7. The molecule has 0 aliphatic heterocycles. The van der Waals surface area contributed by atoms with Crippen molar-refractivity contribution in [1.82, 2.24) is 0 Å². The summed E-state index contributed by atoms with van der Waals surface area (Å²) < 4.78 is 161. The minimum atomic E-state index is -4.61. The van der Waals surface area contributed by atoms with Gasteiger partial charge < -0.3 is 0 Å². The number of hydrogen-bond acceptors (Lipinski definition) is 0. The Morgan fingerprint density at radius 3 is 1.02 bits per heavy atom. The van der Waals surface area contributed by atoms with E-state index in [1.54, 1.807) is 0 Å². The standard InChI is InChI=1S/C35H28F12P2/c1-21(48(26-13-5-22(6-14-26)32(36,37)38)27-15-7-23(8-16-27)33(39,40)41)30-3-2-4-31(30)49(28-17-9-24(10-18-28)34(42,43)44)29-19-11-25(12-20-29)35(45,46)47/h5-21,30-31H,2-4H2,1H3/t21-,30?,31?/m0/s1. The highest BCUT2D eigenvalue weighted by atomic mass is 31.1. The Labute approximate surface area is 277 Å². The topological polar surface area (TPSA) is 0 Å². The van der Waals surface area contributed by atoms with Gasteiger partial charge in [-0.15, -0.1) is 0 Å². The number of hydrogen-bond donors (Lipinski definition) is 0. The van der Waals surface area contributed by atoms with Crippen LogP contribution in [0.25, 0.3) is 0 Å². The molecular weight excluding hydrogens is 710 g/mol. The van der Waals surface area contributed by atoms with Gasteiger partial charge >= 0.3 is 24.7 Å². The molecule has 4 aromatic carbocycles. The molecule has 2 unspecified atom stereocenters. The molecule has 262 valence electrons. The minimum absolute atomic E-state index is 0.216. The molecule has 4 aromatic rings. The molecule has 1 fully saturated rings. The molecule has 0 nitrogen and oxygen atoms in total. The van der Waals surface area contributed by atoms with Gasteiger partial charge in [0.25, 0.3) is 0 Å². The van der Waals surface area contributed by atoms with Gasteiger partial charge in [0.1, 0.15) is 0 Å². The Kier molecular flexibility index (Phi) is 10.5. The van der Waals surface area contributed by atoms with E-state index in [1.165, 1.54) is 48.5 Å². The molecule has 1 aliphatic carbocycles. The van der Waals surface area contributed by atoms with E-state index in [4.69, 9.17) is 0 Å². The Hall–Kier alpha value is -3.10. The fourth-order valence-corrected chi connectivity index (χ4v) is 12.7. The van der Waals surface area contributed by atoms with Crippen LogP contribution in [0.3, 0.4) is 0 Å². The Bertz CT molecular complexity index is 1570. The number of benzene rings is 4. The summed E-state index contributed by atoms with van der Waals surface area (Å²) in [5, 5.41) is 2.02. The zero-order chi connectivity index (χ0) is 35.9. The van der Waals surface area contributed by atoms with E-state index in [2.05, 4.69) is 0 Å². The third kappa shape index (κ3) is 8.45. The summed E-state index contributed by atoms with van der Waals surface area (Å²) in [5.41, 5.74) is -4.15. The molecule has 1 saturated carbocycles. The zero-order valence-electron chi connectivity index (χ0n) is 25.5. The summed E-state index contributed by atoms with van der Waals surface area (Å²) in [5.74, 6) is -0.216. The average molecular weight is 739 g/mol. The Balaban J connectivity index is 1.59. The highest BCUT2D eigenvalue weighted by Crippen LogP contribution is 2.57. The van der Waals surface area contributed by atoms with Crippen LogP contribution in [0, 0.1) is 5.92 Å². The molecule has 0 saturated heterocycles. The SMILES string of the molecule is C[C@@H](C1CCCC1P(c1ccc(C(F)(F)F)cc1)c1ccc(C(F)(F)F)cc1)P(c1ccc(C(F)(F)F)cc1)c1ccc(C(F)(F)F)cc1. The van der Waals surface area contributed by atoms with Crippen molar-refractivity contribution in [2.75, 3.05) is 0 Å². The summed E-state index contributed by atoms with van der Waals surface area (Å²) in [7, 11) is -3.12. The van der Waals surface area contributed by atoms with E-state index in [9.17, 15) is 52.7 Å². The number of halogens is 12. The van der Waals surface area contributed by atoms with E-state index >= 15 is 0 Å². The van der Waals surface area contributed by atoms with Crippen LogP contribution in [0.2, 0.25) is 0 Å². The molecule has 0 aromatic heterocycles. The molecule has 0 radical (unpaired) electrons. The molecule has 0 heterocycles. The van der Waals surface area contributed by atoms with E-state index < -0.39 is 62.8 Å². The van der Waals surface area contributed by atoms with Crippen molar-refractivity contribution in [2.45, 2.75) is 62.2 Å². The van der Waals surface area contributed by atoms with E-state index in [-0.39, 0.29) is 17.2 Å². The zero-order valence-corrected chi connectivity index (χ0v) is 27.3. The van der Waals surface area contributed by atoms with Crippen LogP contribution in [-0.2, 0) is 24.7 Å². The van der Waals surface area contributed by atoms with Crippen LogP contribution < -0.4 is 21.2 Å². The van der Waals surface area contributed by atoms with Crippen LogP contribution in [0.5, 0.6) is 0 Å². The Morgan fingerprint density at radius 1 is 0.449 bits per heavy atom. The lowest BCUT2D eigenvalue weighted by Gasteiger charge is -2.37. The molecule has 0 spiro atoms. The summed E-state index contributed by atoms with van der Waals surface area (Å²) in [6.45, 7) is 1.87. The highest BCUT2D eigenvalue weighted by Gasteiger charge is 2.42. The second-order valence-corrected chi connectivity index (χ2v) is 16.8. The summed E-state index contributed by atoms with van der Waals surface area (Å²) in [4.78, 5) is 0. The van der Waals surface area contributed by atoms with Gasteiger partial charge in [0.05, 0.1) is 22.3 Å². The third-order valence-electron chi connectivity index (χ3n) is 8.78. The van der Waals surface area contributed by atoms with Crippen molar-refractivity contribution in [3.05, 3.63) is 119 Å². The second kappa shape index (κ2) is 13.9. The molecule has 0 N–H and O–H groups in total. The average Bonchev–Trinajstić information content (AvgIpc) is 3.50. The van der Waals surface area contributed by atoms with Gasteiger partial charge in [-0.05, 0) is 116 Å². The number of alkyl halides is 12. The first-order valence-electron chi connectivity index (χ1n) is 15.0. The quantitative estimate of drug-likeness (QED) is 0.131. The summed E-state index contributed by atoms with van der Waals surface area (Å²) >= 11 is 0. The van der Waals surface area contributed by atoms with E-state index in [0.29, 0.717) is 40.5 Å². The highest BCUT2D eigenvalue weighted by molar-refractivity contribution is 7.74. The predicted molar refractivity (Wildman–Crippen MR) is 169 cm³/mol. The lowest BCUT2D eigenvalue weighted by molar-refractivity contribution is -0.138. The van der Waals surface area contributed by atoms with Crippen molar-refractivity contribution < 1.29 is 52.7 Å². The monoisotopic (exact) mass is 738 g/mol. The van der Waals surface area contributed by atoms with Gasteiger partial charge in [0.2, 0.25) is 0 Å².